The molecule has 3 N–H and O–H groups in total. The highest BCUT2D eigenvalue weighted by molar-refractivity contribution is 6.32. The van der Waals surface area contributed by atoms with Crippen LogP contribution < -0.4 is 10.1 Å². The molecule has 2 aromatic rings. The second kappa shape index (κ2) is 11.5. The van der Waals surface area contributed by atoms with Gasteiger partial charge >= 0.3 is 12.8 Å². The van der Waals surface area contributed by atoms with Crippen molar-refractivity contribution in [2.24, 2.45) is 11.3 Å². The van der Waals surface area contributed by atoms with Gasteiger partial charge in [-0.1, -0.05) is 39.3 Å². The Labute approximate surface area is 227 Å². The molecular formula is C25H32ClF5N4O4. The van der Waals surface area contributed by atoms with Gasteiger partial charge in [0.25, 0.3) is 5.91 Å². The number of aromatic nitrogens is 3. The maximum Gasteiger partial charge on any atom is 0.394 e. The number of hydrogen-bond acceptors (Lipinski definition) is 6. The molecule has 1 amide bonds. The molecule has 8 nitrogen and oxygen atoms in total. The third-order valence-electron chi connectivity index (χ3n) is 7.02. The number of imidazole rings is 1. The minimum atomic E-state index is -4.56. The molecule has 2 heterocycles. The van der Waals surface area contributed by atoms with Crippen molar-refractivity contribution in [3.8, 4) is 11.6 Å². The molecule has 1 saturated carbocycles. The van der Waals surface area contributed by atoms with Crippen LogP contribution in [0.2, 0.25) is 5.15 Å². The van der Waals surface area contributed by atoms with E-state index in [1.54, 1.807) is 6.92 Å². The van der Waals surface area contributed by atoms with E-state index >= 15 is 0 Å². The molecule has 0 aromatic carbocycles. The van der Waals surface area contributed by atoms with Crippen molar-refractivity contribution in [1.82, 2.24) is 19.9 Å². The molecule has 14 heteroatoms. The van der Waals surface area contributed by atoms with Gasteiger partial charge in [0.2, 0.25) is 0 Å². The van der Waals surface area contributed by atoms with Gasteiger partial charge in [-0.05, 0) is 43.2 Å². The summed E-state index contributed by atoms with van der Waals surface area (Å²) in [7, 11) is 0. The van der Waals surface area contributed by atoms with Gasteiger partial charge in [-0.25, -0.2) is 9.97 Å². The minimum Gasteiger partial charge on any atom is -0.431 e. The predicted molar refractivity (Wildman–Crippen MR) is 132 cm³/mol. The lowest BCUT2D eigenvalue weighted by Gasteiger charge is -2.39. The number of nitrogens with one attached hydrogen (secondary N) is 1. The zero-order valence-electron chi connectivity index (χ0n) is 21.9. The summed E-state index contributed by atoms with van der Waals surface area (Å²) in [5, 5.41) is 23.3. The Bertz CT molecular complexity index is 1190. The molecular weight excluding hydrogens is 551 g/mol. The van der Waals surface area contributed by atoms with E-state index < -0.39 is 48.0 Å². The Morgan fingerprint density at radius 2 is 2.03 bits per heavy atom. The molecule has 3 atom stereocenters. The van der Waals surface area contributed by atoms with Crippen LogP contribution >= 0.6 is 11.6 Å². The van der Waals surface area contributed by atoms with Crippen molar-refractivity contribution in [2.45, 2.75) is 84.3 Å². The van der Waals surface area contributed by atoms with E-state index in [1.807, 2.05) is 6.92 Å². The van der Waals surface area contributed by atoms with Crippen molar-refractivity contribution < 1.29 is 41.7 Å². The number of aliphatic hydroxyl groups excluding tert-OH is 1. The van der Waals surface area contributed by atoms with Gasteiger partial charge in [-0.15, -0.1) is 0 Å². The van der Waals surface area contributed by atoms with Crippen LogP contribution in [-0.2, 0) is 12.8 Å². The molecule has 0 spiro atoms. The highest BCUT2D eigenvalue weighted by Crippen LogP contribution is 2.41. The van der Waals surface area contributed by atoms with Gasteiger partial charge in [0.1, 0.15) is 16.6 Å². The van der Waals surface area contributed by atoms with Crippen molar-refractivity contribution in [3.05, 3.63) is 34.5 Å². The lowest BCUT2D eigenvalue weighted by Crippen LogP contribution is -2.54. The number of carbonyl (C=O) groups is 1. The van der Waals surface area contributed by atoms with Crippen LogP contribution in [-0.4, -0.2) is 61.7 Å². The van der Waals surface area contributed by atoms with E-state index in [2.05, 4.69) is 20.0 Å². The number of hydrogen-bond donors (Lipinski definition) is 3. The molecule has 2 aromatic heterocycles. The van der Waals surface area contributed by atoms with Gasteiger partial charge < -0.3 is 20.3 Å². The average Bonchev–Trinajstić information content (AvgIpc) is 3.15. The molecule has 0 saturated heterocycles. The minimum absolute atomic E-state index is 0.00224. The van der Waals surface area contributed by atoms with Crippen molar-refractivity contribution >= 4 is 17.5 Å². The Morgan fingerprint density at radius 1 is 1.36 bits per heavy atom. The van der Waals surface area contributed by atoms with Crippen LogP contribution in [0.15, 0.2) is 12.3 Å². The second-order valence-corrected chi connectivity index (χ2v) is 11.0. The summed E-state index contributed by atoms with van der Waals surface area (Å²) in [4.78, 5) is 21.2. The van der Waals surface area contributed by atoms with Crippen LogP contribution in [0.4, 0.5) is 22.0 Å². The largest absolute Gasteiger partial charge is 0.431 e. The third kappa shape index (κ3) is 6.80. The summed E-state index contributed by atoms with van der Waals surface area (Å²) in [5.74, 6) is -1.25. The zero-order chi connectivity index (χ0) is 29.3. The summed E-state index contributed by atoms with van der Waals surface area (Å²) in [5.41, 5.74) is -4.00. The van der Waals surface area contributed by atoms with Gasteiger partial charge in [0.15, 0.2) is 17.3 Å². The molecule has 0 radical (unpaired) electrons. The third-order valence-corrected chi connectivity index (χ3v) is 7.37. The number of rotatable bonds is 9. The molecule has 0 aliphatic heterocycles. The van der Waals surface area contributed by atoms with Gasteiger partial charge in [0, 0.05) is 19.2 Å². The molecule has 1 aliphatic rings. The number of aryl methyl sites for hydroxylation is 1. The first-order chi connectivity index (χ1) is 18.0. The average molecular weight is 583 g/mol. The van der Waals surface area contributed by atoms with Crippen molar-refractivity contribution in [2.75, 3.05) is 6.54 Å². The topological polar surface area (TPSA) is 110 Å². The number of amides is 1. The second-order valence-electron chi connectivity index (χ2n) is 10.6. The number of aliphatic hydroxyl groups is 2. The summed E-state index contributed by atoms with van der Waals surface area (Å²) >= 11 is 6.45. The first-order valence-corrected chi connectivity index (χ1v) is 12.8. The number of halogens is 6. The van der Waals surface area contributed by atoms with Gasteiger partial charge in [0.05, 0.1) is 11.5 Å². The van der Waals surface area contributed by atoms with Crippen LogP contribution in [0.1, 0.15) is 68.8 Å². The molecule has 1 fully saturated rings. The molecule has 0 bridgehead atoms. The maximum atomic E-state index is 13.4. The molecule has 3 rings (SSSR count). The number of nitrogens with zero attached hydrogens (tertiary/aromatic N) is 3. The SMILES string of the molecule is CCc1nc(C(=O)NC[C@]2(O)CC[C@@H](C)C[C@H]2O)c(Cl)n1-c1ncc(CC(C)(C)C(F)(F)F)cc1OC(F)F. The van der Waals surface area contributed by atoms with E-state index in [0.717, 1.165) is 30.7 Å². The fourth-order valence-corrected chi connectivity index (χ4v) is 4.79. The first kappa shape index (κ1) is 31.0. The lowest BCUT2D eigenvalue weighted by atomic mass is 9.77. The number of carbonyl (C=O) groups excluding carboxylic acids is 1. The van der Waals surface area contributed by atoms with Crippen LogP contribution in [0.5, 0.6) is 5.75 Å². The smallest absolute Gasteiger partial charge is 0.394 e. The van der Waals surface area contributed by atoms with Gasteiger partial charge in [-0.2, -0.15) is 22.0 Å². The molecule has 1 aliphatic carbocycles. The Kier molecular flexibility index (Phi) is 9.18. The van der Waals surface area contributed by atoms with Crippen molar-refractivity contribution in [1.29, 1.82) is 0 Å². The van der Waals surface area contributed by atoms with E-state index in [1.165, 1.54) is 0 Å². The van der Waals surface area contributed by atoms with Crippen LogP contribution in [0, 0.1) is 11.3 Å². The van der Waals surface area contributed by atoms with E-state index in [-0.39, 0.29) is 53.4 Å². The Morgan fingerprint density at radius 3 is 2.59 bits per heavy atom. The summed E-state index contributed by atoms with van der Waals surface area (Å²) < 4.78 is 72.4. The van der Waals surface area contributed by atoms with Crippen LogP contribution in [0.3, 0.4) is 0 Å². The lowest BCUT2D eigenvalue weighted by molar-refractivity contribution is -0.211. The Balaban J connectivity index is 1.94. The first-order valence-electron chi connectivity index (χ1n) is 12.5. The van der Waals surface area contributed by atoms with E-state index in [0.29, 0.717) is 12.8 Å². The normalized spacial score (nSPS) is 22.3. The maximum absolute atomic E-state index is 13.4. The standard InChI is InChI=1S/C25H32ClF5N4O4/c1-5-17-34-18(21(37)33-12-24(38)7-6-13(2)8-16(24)36)19(26)35(17)20-15(39-22(27)28)9-14(11-32-20)10-23(3,4)25(29,30)31/h9,11,13,16,22,36,38H,5-8,10,12H2,1-4H3,(H,33,37)/t13-,16-,24-/m1/s1. The summed E-state index contributed by atoms with van der Waals surface area (Å²) in [6, 6.07) is 1.03. The Hall–Kier alpha value is -2.51. The molecule has 218 valence electrons. The van der Waals surface area contributed by atoms with E-state index in [9.17, 15) is 37.0 Å². The zero-order valence-corrected chi connectivity index (χ0v) is 22.7. The van der Waals surface area contributed by atoms with Gasteiger partial charge in [-0.3, -0.25) is 9.36 Å². The predicted octanol–water partition coefficient (Wildman–Crippen LogP) is 4.86. The van der Waals surface area contributed by atoms with Crippen molar-refractivity contribution in [3.63, 3.8) is 0 Å². The molecule has 39 heavy (non-hydrogen) atoms. The molecule has 0 unspecified atom stereocenters. The number of ether oxygens (including phenoxy) is 1. The number of pyridine rings is 1. The highest BCUT2D eigenvalue weighted by Gasteiger charge is 2.47. The summed E-state index contributed by atoms with van der Waals surface area (Å²) in [6.45, 7) is 1.97. The van der Waals surface area contributed by atoms with Crippen LogP contribution in [0.25, 0.3) is 5.82 Å². The van der Waals surface area contributed by atoms with E-state index in [4.69, 9.17) is 11.6 Å². The fourth-order valence-electron chi connectivity index (χ4n) is 4.48. The summed E-state index contributed by atoms with van der Waals surface area (Å²) in [6.07, 6.45) is -3.58. The fraction of sp³-hybridized carbons (Fsp3) is 0.640. The highest BCUT2D eigenvalue weighted by atomic mass is 35.5. The quantitative estimate of drug-likeness (QED) is 0.365. The monoisotopic (exact) mass is 582 g/mol. The number of alkyl halides is 5.